The zero-order valence-corrected chi connectivity index (χ0v) is 16.1. The number of aliphatic imine (C=N–C) groups is 1. The van der Waals surface area contributed by atoms with E-state index in [0.717, 1.165) is 18.4 Å². The first kappa shape index (κ1) is 18.1. The summed E-state index contributed by atoms with van der Waals surface area (Å²) >= 11 is 6.15. The van der Waals surface area contributed by atoms with Gasteiger partial charge in [-0.1, -0.05) is 60.7 Å². The van der Waals surface area contributed by atoms with E-state index in [1.807, 2.05) is 54.9 Å². The van der Waals surface area contributed by atoms with Crippen molar-refractivity contribution in [3.63, 3.8) is 0 Å². The van der Waals surface area contributed by atoms with Crippen molar-refractivity contribution in [1.29, 1.82) is 0 Å². The Morgan fingerprint density at radius 2 is 1.78 bits per heavy atom. The van der Waals surface area contributed by atoms with Gasteiger partial charge in [-0.25, -0.2) is 9.79 Å². The summed E-state index contributed by atoms with van der Waals surface area (Å²) in [7, 11) is 1.44. The highest BCUT2D eigenvalue weighted by atomic mass is 35.5. The molecule has 0 saturated heterocycles. The monoisotopic (exact) mass is 382 g/mol. The van der Waals surface area contributed by atoms with E-state index in [1.54, 1.807) is 0 Å². The smallest absolute Gasteiger partial charge is 0.340 e. The van der Waals surface area contributed by atoms with Crippen molar-refractivity contribution in [2.75, 3.05) is 13.0 Å². The lowest BCUT2D eigenvalue weighted by atomic mass is 9.56. The van der Waals surface area contributed by atoms with E-state index in [-0.39, 0.29) is 5.97 Å². The Labute approximate surface area is 164 Å². The fraction of sp³-hybridized carbons (Fsp3) is 0.364. The number of carbonyl (C=O) groups excluding carboxylic acids is 1. The molecule has 1 atom stereocenters. The molecule has 0 amide bonds. The van der Waals surface area contributed by atoms with Gasteiger partial charge in [0.2, 0.25) is 5.54 Å². The molecule has 4 nitrogen and oxygen atoms in total. The third-order valence-electron chi connectivity index (χ3n) is 5.95. The third-order valence-corrected chi connectivity index (χ3v) is 6.39. The fourth-order valence-electron chi connectivity index (χ4n) is 4.63. The van der Waals surface area contributed by atoms with Crippen LogP contribution in [0.15, 0.2) is 65.7 Å². The van der Waals surface area contributed by atoms with E-state index in [1.165, 1.54) is 12.7 Å². The largest absolute Gasteiger partial charge is 0.467 e. The van der Waals surface area contributed by atoms with Gasteiger partial charge < -0.3 is 9.64 Å². The number of rotatable bonds is 5. The van der Waals surface area contributed by atoms with Gasteiger partial charge >= 0.3 is 5.97 Å². The summed E-state index contributed by atoms with van der Waals surface area (Å²) in [5, 5.41) is 0. The van der Waals surface area contributed by atoms with Crippen LogP contribution in [0.4, 0.5) is 0 Å². The van der Waals surface area contributed by atoms with E-state index in [2.05, 4.69) is 17.0 Å². The predicted molar refractivity (Wildman–Crippen MR) is 107 cm³/mol. The lowest BCUT2D eigenvalue weighted by molar-refractivity contribution is -0.157. The summed E-state index contributed by atoms with van der Waals surface area (Å²) in [6, 6.07) is 20.0. The molecule has 2 aromatic carbocycles. The van der Waals surface area contributed by atoms with Crippen molar-refractivity contribution < 1.29 is 9.53 Å². The lowest BCUT2D eigenvalue weighted by Crippen LogP contribution is -2.67. The number of benzene rings is 2. The molecule has 1 aliphatic carbocycles. The molecule has 0 radical (unpaired) electrons. The second-order valence-electron chi connectivity index (χ2n) is 7.39. The summed E-state index contributed by atoms with van der Waals surface area (Å²) in [6.07, 6.45) is 3.46. The minimum Gasteiger partial charge on any atom is -0.467 e. The second-order valence-corrected chi connectivity index (χ2v) is 7.69. The van der Waals surface area contributed by atoms with Crippen molar-refractivity contribution in [3.8, 4) is 0 Å². The van der Waals surface area contributed by atoms with Gasteiger partial charge in [0.05, 0.1) is 19.0 Å². The highest BCUT2D eigenvalue weighted by Gasteiger charge is 2.68. The maximum absolute atomic E-state index is 13.1. The highest BCUT2D eigenvalue weighted by molar-refractivity contribution is 6.18. The van der Waals surface area contributed by atoms with Gasteiger partial charge in [0.15, 0.2) is 0 Å². The Morgan fingerprint density at radius 3 is 2.37 bits per heavy atom. The number of esters is 1. The molecule has 4 rings (SSSR count). The molecule has 1 unspecified atom stereocenters. The van der Waals surface area contributed by atoms with Gasteiger partial charge in [0.1, 0.15) is 0 Å². The molecular weight excluding hydrogens is 360 g/mol. The van der Waals surface area contributed by atoms with Gasteiger partial charge in [-0.2, -0.15) is 0 Å². The molecule has 1 saturated carbocycles. The summed E-state index contributed by atoms with van der Waals surface area (Å²) in [6.45, 7) is 0.699. The van der Waals surface area contributed by atoms with Gasteiger partial charge in [0, 0.05) is 12.4 Å². The van der Waals surface area contributed by atoms with Gasteiger partial charge in [-0.05, 0) is 29.9 Å². The van der Waals surface area contributed by atoms with Gasteiger partial charge in [-0.15, -0.1) is 11.6 Å². The van der Waals surface area contributed by atoms with Crippen molar-refractivity contribution in [2.24, 2.45) is 10.9 Å². The summed E-state index contributed by atoms with van der Waals surface area (Å²) in [4.78, 5) is 20.2. The average molecular weight is 383 g/mol. The van der Waals surface area contributed by atoms with Gasteiger partial charge in [0.25, 0.3) is 0 Å². The topological polar surface area (TPSA) is 41.9 Å². The minimum absolute atomic E-state index is 0.312. The Bertz CT molecular complexity index is 834. The number of nitrogens with zero attached hydrogens (tertiary/aromatic N) is 2. The van der Waals surface area contributed by atoms with E-state index in [0.29, 0.717) is 18.3 Å². The first-order valence-electron chi connectivity index (χ1n) is 9.22. The quantitative estimate of drug-likeness (QED) is 0.580. The number of ether oxygens (including phenoxy) is 1. The molecule has 0 aromatic heterocycles. The van der Waals surface area contributed by atoms with E-state index >= 15 is 0 Å². The van der Waals surface area contributed by atoms with Crippen molar-refractivity contribution in [1.82, 2.24) is 4.90 Å². The second kappa shape index (κ2) is 7.01. The fourth-order valence-corrected chi connectivity index (χ4v) is 4.85. The molecule has 1 spiro atoms. The van der Waals surface area contributed by atoms with E-state index in [9.17, 15) is 4.79 Å². The summed E-state index contributed by atoms with van der Waals surface area (Å²) < 4.78 is 5.28. The average Bonchev–Trinajstić information content (AvgIpc) is 3.03. The van der Waals surface area contributed by atoms with E-state index < -0.39 is 11.1 Å². The lowest BCUT2D eigenvalue weighted by Gasteiger charge is -2.56. The normalized spacial score (nSPS) is 29.0. The van der Waals surface area contributed by atoms with Crippen LogP contribution in [-0.2, 0) is 21.6 Å². The predicted octanol–water partition coefficient (Wildman–Crippen LogP) is 3.99. The molecule has 2 aliphatic rings. The van der Waals surface area contributed by atoms with Crippen LogP contribution in [0.5, 0.6) is 0 Å². The minimum atomic E-state index is -1.06. The highest BCUT2D eigenvalue weighted by Crippen LogP contribution is 2.58. The Morgan fingerprint density at radius 1 is 1.15 bits per heavy atom. The third kappa shape index (κ3) is 2.66. The van der Waals surface area contributed by atoms with Crippen LogP contribution in [0, 0.1) is 5.92 Å². The van der Waals surface area contributed by atoms with Crippen molar-refractivity contribution in [3.05, 3.63) is 71.8 Å². The van der Waals surface area contributed by atoms with Gasteiger partial charge in [-0.3, -0.25) is 0 Å². The number of hydrogen-bond donors (Lipinski definition) is 0. The number of methoxy groups -OCH3 is 1. The van der Waals surface area contributed by atoms with Crippen molar-refractivity contribution >= 4 is 23.9 Å². The summed E-state index contributed by atoms with van der Waals surface area (Å²) in [5.41, 5.74) is 0.556. The van der Waals surface area contributed by atoms with Crippen LogP contribution in [0.3, 0.4) is 0 Å². The number of alkyl halides is 1. The first-order chi connectivity index (χ1) is 13.2. The molecule has 0 N–H and O–H groups in total. The number of hydrogen-bond acceptors (Lipinski definition) is 4. The summed E-state index contributed by atoms with van der Waals surface area (Å²) in [5.74, 6) is 0.653. The molecular formula is C22H23ClN2O2. The first-order valence-corrected chi connectivity index (χ1v) is 9.75. The zero-order valence-electron chi connectivity index (χ0n) is 15.3. The SMILES string of the molecule is COC(=O)C1(c2ccccc2)N=CN(Cc2ccccc2)C12CC(CCl)C2. The van der Waals surface area contributed by atoms with Crippen LogP contribution in [0.1, 0.15) is 24.0 Å². The molecule has 1 aliphatic heterocycles. The molecule has 2 aromatic rings. The zero-order chi connectivity index (χ0) is 18.9. The van der Waals surface area contributed by atoms with Crippen LogP contribution in [-0.4, -0.2) is 35.7 Å². The van der Waals surface area contributed by atoms with Crippen LogP contribution in [0.25, 0.3) is 0 Å². The molecule has 0 bridgehead atoms. The maximum atomic E-state index is 13.1. The molecule has 27 heavy (non-hydrogen) atoms. The van der Waals surface area contributed by atoms with Crippen LogP contribution < -0.4 is 0 Å². The van der Waals surface area contributed by atoms with Crippen LogP contribution >= 0.6 is 11.6 Å². The molecule has 5 heteroatoms. The standard InChI is InChI=1S/C22H23ClN2O2/c1-27-20(26)22(19-10-6-3-7-11-19)21(12-18(13-21)14-23)25(16-24-22)15-17-8-4-2-5-9-17/h2-11,16,18H,12-15H2,1H3. The molecule has 140 valence electrons. The Hall–Kier alpha value is -2.33. The number of halogens is 1. The number of carbonyl (C=O) groups is 1. The molecule has 1 fully saturated rings. The van der Waals surface area contributed by atoms with E-state index in [4.69, 9.17) is 21.3 Å². The van der Waals surface area contributed by atoms with Crippen LogP contribution in [0.2, 0.25) is 0 Å². The molecule has 1 heterocycles. The Balaban J connectivity index is 1.79. The maximum Gasteiger partial charge on any atom is 0.340 e. The Kier molecular flexibility index (Phi) is 4.68. The van der Waals surface area contributed by atoms with Crippen molar-refractivity contribution in [2.45, 2.75) is 30.5 Å².